The molecule has 0 amide bonds. The van der Waals surface area contributed by atoms with Gasteiger partial charge in [0.05, 0.1) is 20.9 Å². The molecular formula is C13H13N3S. The van der Waals surface area contributed by atoms with Gasteiger partial charge in [-0.3, -0.25) is 0 Å². The number of rotatable bonds is 2. The predicted molar refractivity (Wildman–Crippen MR) is 73.1 cm³/mol. The van der Waals surface area contributed by atoms with Crippen LogP contribution in [0.4, 0.5) is 5.00 Å². The molecule has 3 aromatic rings. The molecule has 4 heteroatoms. The van der Waals surface area contributed by atoms with Crippen molar-refractivity contribution in [3.63, 3.8) is 0 Å². The van der Waals surface area contributed by atoms with Crippen molar-refractivity contribution in [2.24, 2.45) is 0 Å². The number of thiophene rings is 1. The zero-order valence-corrected chi connectivity index (χ0v) is 10.4. The number of imidazole rings is 1. The number of hydrogen-bond acceptors (Lipinski definition) is 3. The summed E-state index contributed by atoms with van der Waals surface area (Å²) in [5.41, 5.74) is 8.00. The minimum Gasteiger partial charge on any atom is -0.391 e. The SMILES string of the molecule is CCn1c(-c2ccc(N)s2)nc2ccccc21. The topological polar surface area (TPSA) is 43.8 Å². The van der Waals surface area contributed by atoms with Crippen LogP contribution in [0, 0.1) is 0 Å². The highest BCUT2D eigenvalue weighted by atomic mass is 32.1. The Bertz CT molecular complexity index is 666. The normalized spacial score (nSPS) is 11.1. The number of para-hydroxylation sites is 2. The van der Waals surface area contributed by atoms with Crippen LogP contribution in [0.25, 0.3) is 21.7 Å². The number of fused-ring (bicyclic) bond motifs is 1. The monoisotopic (exact) mass is 243 g/mol. The molecule has 2 heterocycles. The highest BCUT2D eigenvalue weighted by molar-refractivity contribution is 7.19. The van der Waals surface area contributed by atoms with Crippen molar-refractivity contribution in [1.82, 2.24) is 9.55 Å². The van der Waals surface area contributed by atoms with E-state index in [9.17, 15) is 0 Å². The van der Waals surface area contributed by atoms with Crippen LogP contribution in [0.1, 0.15) is 6.92 Å². The second-order valence-corrected chi connectivity index (χ2v) is 4.99. The number of nitrogens with two attached hydrogens (primary N) is 1. The molecule has 0 fully saturated rings. The van der Waals surface area contributed by atoms with Gasteiger partial charge in [0.15, 0.2) is 5.82 Å². The van der Waals surface area contributed by atoms with Gasteiger partial charge in [-0.15, -0.1) is 11.3 Å². The highest BCUT2D eigenvalue weighted by Gasteiger charge is 2.12. The largest absolute Gasteiger partial charge is 0.391 e. The highest BCUT2D eigenvalue weighted by Crippen LogP contribution is 2.31. The van der Waals surface area contributed by atoms with Gasteiger partial charge in [0.2, 0.25) is 0 Å². The lowest BCUT2D eigenvalue weighted by atomic mass is 10.3. The quantitative estimate of drug-likeness (QED) is 0.750. The van der Waals surface area contributed by atoms with E-state index in [0.717, 1.165) is 27.8 Å². The molecule has 86 valence electrons. The van der Waals surface area contributed by atoms with E-state index in [1.54, 1.807) is 11.3 Å². The first-order chi connectivity index (χ1) is 8.29. The average Bonchev–Trinajstić information content (AvgIpc) is 2.91. The fourth-order valence-electron chi connectivity index (χ4n) is 2.06. The standard InChI is InChI=1S/C13H13N3S/c1-2-16-10-6-4-3-5-9(10)15-13(16)11-7-8-12(14)17-11/h3-8H,2,14H2,1H3. The van der Waals surface area contributed by atoms with E-state index in [4.69, 9.17) is 5.73 Å². The first kappa shape index (κ1) is 10.4. The number of benzene rings is 1. The molecule has 0 radical (unpaired) electrons. The van der Waals surface area contributed by atoms with Gasteiger partial charge >= 0.3 is 0 Å². The minimum absolute atomic E-state index is 0.828. The maximum Gasteiger partial charge on any atom is 0.151 e. The zero-order chi connectivity index (χ0) is 11.8. The van der Waals surface area contributed by atoms with Crippen LogP contribution < -0.4 is 5.73 Å². The van der Waals surface area contributed by atoms with Crippen LogP contribution in [-0.4, -0.2) is 9.55 Å². The summed E-state index contributed by atoms with van der Waals surface area (Å²) >= 11 is 1.58. The summed E-state index contributed by atoms with van der Waals surface area (Å²) in [7, 11) is 0. The molecule has 2 aromatic heterocycles. The Morgan fingerprint density at radius 2 is 2.06 bits per heavy atom. The van der Waals surface area contributed by atoms with Crippen LogP contribution in [0.5, 0.6) is 0 Å². The molecule has 0 bridgehead atoms. The van der Waals surface area contributed by atoms with Gasteiger partial charge in [-0.25, -0.2) is 4.98 Å². The molecule has 0 aliphatic heterocycles. The summed E-state index contributed by atoms with van der Waals surface area (Å²) in [6.07, 6.45) is 0. The summed E-state index contributed by atoms with van der Waals surface area (Å²) in [6.45, 7) is 3.04. The Labute approximate surface area is 104 Å². The van der Waals surface area contributed by atoms with Crippen molar-refractivity contribution in [3.05, 3.63) is 36.4 Å². The van der Waals surface area contributed by atoms with Crippen LogP contribution in [-0.2, 0) is 6.54 Å². The third-order valence-corrected chi connectivity index (χ3v) is 3.73. The summed E-state index contributed by atoms with van der Waals surface area (Å²) in [6, 6.07) is 12.2. The van der Waals surface area contributed by atoms with E-state index in [2.05, 4.69) is 22.5 Å². The first-order valence-electron chi connectivity index (χ1n) is 5.60. The Morgan fingerprint density at radius 3 is 2.76 bits per heavy atom. The fourth-order valence-corrected chi connectivity index (χ4v) is 2.83. The second kappa shape index (κ2) is 3.89. The van der Waals surface area contributed by atoms with Gasteiger partial charge in [0.1, 0.15) is 0 Å². The van der Waals surface area contributed by atoms with E-state index in [1.165, 1.54) is 5.52 Å². The lowest BCUT2D eigenvalue weighted by molar-refractivity contribution is 0.798. The van der Waals surface area contributed by atoms with E-state index in [0.29, 0.717) is 0 Å². The van der Waals surface area contributed by atoms with Crippen molar-refractivity contribution >= 4 is 27.4 Å². The van der Waals surface area contributed by atoms with Crippen molar-refractivity contribution in [2.75, 3.05) is 5.73 Å². The zero-order valence-electron chi connectivity index (χ0n) is 9.55. The van der Waals surface area contributed by atoms with Crippen molar-refractivity contribution in [3.8, 4) is 10.7 Å². The van der Waals surface area contributed by atoms with Crippen molar-refractivity contribution in [1.29, 1.82) is 0 Å². The Balaban J connectivity index is 2.29. The molecule has 0 atom stereocenters. The number of nitrogen functional groups attached to an aromatic ring is 1. The van der Waals surface area contributed by atoms with Crippen LogP contribution in [0.15, 0.2) is 36.4 Å². The lowest BCUT2D eigenvalue weighted by Crippen LogP contribution is -1.95. The van der Waals surface area contributed by atoms with Crippen molar-refractivity contribution in [2.45, 2.75) is 13.5 Å². The molecule has 0 unspecified atom stereocenters. The molecular weight excluding hydrogens is 230 g/mol. The van der Waals surface area contributed by atoms with Gasteiger partial charge in [-0.2, -0.15) is 0 Å². The third kappa shape index (κ3) is 1.61. The Hall–Kier alpha value is -1.81. The molecule has 2 N–H and O–H groups in total. The fraction of sp³-hybridized carbons (Fsp3) is 0.154. The maximum absolute atomic E-state index is 5.78. The lowest BCUT2D eigenvalue weighted by Gasteiger charge is -2.03. The van der Waals surface area contributed by atoms with Gasteiger partial charge in [-0.05, 0) is 31.2 Å². The van der Waals surface area contributed by atoms with Crippen LogP contribution >= 0.6 is 11.3 Å². The van der Waals surface area contributed by atoms with Gasteiger partial charge < -0.3 is 10.3 Å². The summed E-state index contributed by atoms with van der Waals surface area (Å²) < 4.78 is 2.22. The number of aromatic nitrogens is 2. The van der Waals surface area contributed by atoms with Crippen LogP contribution in [0.3, 0.4) is 0 Å². The predicted octanol–water partition coefficient (Wildman–Crippen LogP) is 3.37. The summed E-state index contributed by atoms with van der Waals surface area (Å²) in [5.74, 6) is 1.01. The van der Waals surface area contributed by atoms with Gasteiger partial charge in [0, 0.05) is 6.54 Å². The van der Waals surface area contributed by atoms with E-state index < -0.39 is 0 Å². The maximum atomic E-state index is 5.78. The summed E-state index contributed by atoms with van der Waals surface area (Å²) in [5, 5.41) is 0.828. The van der Waals surface area contributed by atoms with Gasteiger partial charge in [0.25, 0.3) is 0 Å². The first-order valence-corrected chi connectivity index (χ1v) is 6.42. The molecule has 0 aliphatic rings. The van der Waals surface area contributed by atoms with Crippen LogP contribution in [0.2, 0.25) is 0 Å². The Kier molecular flexibility index (Phi) is 2.37. The second-order valence-electron chi connectivity index (χ2n) is 3.87. The van der Waals surface area contributed by atoms with E-state index in [-0.39, 0.29) is 0 Å². The smallest absolute Gasteiger partial charge is 0.151 e. The number of nitrogens with zero attached hydrogens (tertiary/aromatic N) is 2. The van der Waals surface area contributed by atoms with Gasteiger partial charge in [-0.1, -0.05) is 12.1 Å². The van der Waals surface area contributed by atoms with E-state index >= 15 is 0 Å². The molecule has 0 saturated carbocycles. The third-order valence-electron chi connectivity index (χ3n) is 2.82. The minimum atomic E-state index is 0.828. The average molecular weight is 243 g/mol. The molecule has 0 saturated heterocycles. The van der Waals surface area contributed by atoms with Crippen molar-refractivity contribution < 1.29 is 0 Å². The molecule has 0 spiro atoms. The summed E-state index contributed by atoms with van der Waals surface area (Å²) in [4.78, 5) is 5.81. The molecule has 0 aliphatic carbocycles. The number of hydrogen-bond donors (Lipinski definition) is 1. The number of aryl methyl sites for hydroxylation is 1. The molecule has 1 aromatic carbocycles. The Morgan fingerprint density at radius 1 is 1.24 bits per heavy atom. The molecule has 3 rings (SSSR count). The molecule has 17 heavy (non-hydrogen) atoms. The van der Waals surface area contributed by atoms with E-state index in [1.807, 2.05) is 30.3 Å². The molecule has 3 nitrogen and oxygen atoms in total. The number of anilines is 1.